The highest BCUT2D eigenvalue weighted by atomic mass is 19.1. The fourth-order valence-electron chi connectivity index (χ4n) is 4.98. The molecule has 0 unspecified atom stereocenters. The van der Waals surface area contributed by atoms with E-state index in [1.165, 1.54) is 6.20 Å². The molecule has 8 heteroatoms. The number of hydrogen-bond donors (Lipinski definition) is 1. The summed E-state index contributed by atoms with van der Waals surface area (Å²) in [6.45, 7) is 2.35. The first-order valence-corrected chi connectivity index (χ1v) is 9.55. The summed E-state index contributed by atoms with van der Waals surface area (Å²) in [5, 5.41) is 9.23. The number of carboxylic acids is 1. The fraction of sp³-hybridized carbons (Fsp3) is 0.500. The minimum Gasteiger partial charge on any atom is -0.477 e. The maximum atomic E-state index is 15.7. The summed E-state index contributed by atoms with van der Waals surface area (Å²) in [4.78, 5) is 28.0. The Balaban J connectivity index is 1.77. The van der Waals surface area contributed by atoms with Crippen LogP contribution < -0.4 is 10.3 Å². The van der Waals surface area contributed by atoms with Crippen LogP contribution in [0.2, 0.25) is 0 Å². The Kier molecular flexibility index (Phi) is 3.62. The molecule has 1 aliphatic heterocycles. The summed E-state index contributed by atoms with van der Waals surface area (Å²) in [6, 6.07) is 1.02. The number of pyridine rings is 1. The second-order valence-electron chi connectivity index (χ2n) is 8.46. The predicted molar refractivity (Wildman–Crippen MR) is 100 cm³/mol. The minimum atomic E-state index is -1.38. The second kappa shape index (κ2) is 5.76. The smallest absolute Gasteiger partial charge is 0.341 e. The molecule has 2 aromatic rings. The van der Waals surface area contributed by atoms with E-state index >= 15 is 4.39 Å². The van der Waals surface area contributed by atoms with Crippen molar-refractivity contribution in [3.63, 3.8) is 0 Å². The van der Waals surface area contributed by atoms with Crippen LogP contribution in [-0.4, -0.2) is 53.8 Å². The molecule has 0 radical (unpaired) electrons. The number of anilines is 1. The third-order valence-electron chi connectivity index (χ3n) is 6.72. The van der Waals surface area contributed by atoms with Crippen molar-refractivity contribution in [3.8, 4) is 0 Å². The molecule has 148 valence electrons. The lowest BCUT2D eigenvalue weighted by atomic mass is 9.49. The third-order valence-corrected chi connectivity index (χ3v) is 6.72. The topological polar surface area (TPSA) is 65.8 Å². The SMILES string of the molecule is CN1CCN(c2c(F)cc3c(=O)c(C(=O)O)cn(C45CC(C4)C5)c3c2F)CC1. The molecule has 4 aliphatic rings. The van der Waals surface area contributed by atoms with Crippen molar-refractivity contribution >= 4 is 22.6 Å². The molecular weight excluding hydrogens is 368 g/mol. The zero-order chi connectivity index (χ0) is 19.8. The normalized spacial score (nSPS) is 26.8. The number of carboxylic acid groups (broad SMARTS) is 1. The quantitative estimate of drug-likeness (QED) is 0.872. The summed E-state index contributed by atoms with van der Waals surface area (Å²) >= 11 is 0. The van der Waals surface area contributed by atoms with E-state index in [4.69, 9.17) is 0 Å². The molecule has 0 spiro atoms. The van der Waals surface area contributed by atoms with Gasteiger partial charge < -0.3 is 19.5 Å². The van der Waals surface area contributed by atoms with Crippen LogP contribution in [0.15, 0.2) is 17.1 Å². The van der Waals surface area contributed by atoms with Crippen molar-refractivity contribution in [3.05, 3.63) is 39.7 Å². The van der Waals surface area contributed by atoms with Gasteiger partial charge in [0, 0.05) is 37.9 Å². The van der Waals surface area contributed by atoms with Gasteiger partial charge in [-0.15, -0.1) is 0 Å². The van der Waals surface area contributed by atoms with E-state index in [9.17, 15) is 19.1 Å². The lowest BCUT2D eigenvalue weighted by molar-refractivity contribution is -0.0863. The number of carbonyl (C=O) groups is 1. The number of nitrogens with zero attached hydrogens (tertiary/aromatic N) is 3. The van der Waals surface area contributed by atoms with Crippen molar-refractivity contribution in [1.82, 2.24) is 9.47 Å². The van der Waals surface area contributed by atoms with Crippen LogP contribution in [0, 0.1) is 17.6 Å². The molecule has 3 saturated carbocycles. The van der Waals surface area contributed by atoms with Gasteiger partial charge in [0.05, 0.1) is 10.9 Å². The zero-order valence-electron chi connectivity index (χ0n) is 15.5. The van der Waals surface area contributed by atoms with E-state index in [0.717, 1.165) is 25.3 Å². The average Bonchev–Trinajstić information content (AvgIpc) is 2.55. The first-order valence-electron chi connectivity index (χ1n) is 9.55. The van der Waals surface area contributed by atoms with Crippen molar-refractivity contribution in [2.24, 2.45) is 5.92 Å². The van der Waals surface area contributed by atoms with Crippen LogP contribution in [0.1, 0.15) is 29.6 Å². The number of hydrogen-bond acceptors (Lipinski definition) is 4. The van der Waals surface area contributed by atoms with Crippen LogP contribution >= 0.6 is 0 Å². The highest BCUT2D eigenvalue weighted by molar-refractivity contribution is 5.94. The molecular formula is C20H21F2N3O3. The first-order chi connectivity index (χ1) is 13.3. The van der Waals surface area contributed by atoms with Gasteiger partial charge in [-0.05, 0) is 38.3 Å². The Labute approximate surface area is 160 Å². The highest BCUT2D eigenvalue weighted by Gasteiger charge is 2.58. The van der Waals surface area contributed by atoms with Gasteiger partial charge in [-0.3, -0.25) is 4.79 Å². The number of piperazine rings is 1. The van der Waals surface area contributed by atoms with Gasteiger partial charge in [0.15, 0.2) is 5.82 Å². The van der Waals surface area contributed by atoms with E-state index in [0.29, 0.717) is 32.1 Å². The van der Waals surface area contributed by atoms with E-state index in [2.05, 4.69) is 4.90 Å². The van der Waals surface area contributed by atoms with E-state index < -0.39 is 28.6 Å². The standard InChI is InChI=1S/C20H21F2N3O3/c1-23-2-4-24(5-3-23)17-14(21)6-12-16(15(17)22)25(20-7-11(8-20)9-20)10-13(18(12)26)19(27)28/h6,10-11H,2-5,7-9H2,1H3,(H,27,28). The predicted octanol–water partition coefficient (Wildman–Crippen LogP) is 2.24. The van der Waals surface area contributed by atoms with Crippen LogP contribution in [0.3, 0.4) is 0 Å². The molecule has 1 aromatic heterocycles. The number of likely N-dealkylation sites (N-methyl/N-ethyl adjacent to an activating group) is 1. The van der Waals surface area contributed by atoms with Gasteiger partial charge in [0.25, 0.3) is 0 Å². The highest BCUT2D eigenvalue weighted by Crippen LogP contribution is 2.63. The van der Waals surface area contributed by atoms with Gasteiger partial charge in [-0.1, -0.05) is 0 Å². The Hall–Kier alpha value is -2.48. The van der Waals surface area contributed by atoms with E-state index in [1.54, 1.807) is 9.47 Å². The molecule has 1 saturated heterocycles. The Bertz CT molecular complexity index is 1060. The summed E-state index contributed by atoms with van der Waals surface area (Å²) in [5.41, 5.74) is -1.72. The van der Waals surface area contributed by atoms with Crippen molar-refractivity contribution in [1.29, 1.82) is 0 Å². The number of aromatic nitrogens is 1. The number of aromatic carboxylic acids is 1. The number of benzene rings is 1. The molecule has 4 fully saturated rings. The van der Waals surface area contributed by atoms with Gasteiger partial charge in [-0.25, -0.2) is 13.6 Å². The Morgan fingerprint density at radius 1 is 1.18 bits per heavy atom. The van der Waals surface area contributed by atoms with Crippen LogP contribution in [-0.2, 0) is 5.54 Å². The van der Waals surface area contributed by atoms with Gasteiger partial charge in [0.2, 0.25) is 5.43 Å². The van der Waals surface area contributed by atoms with Crippen LogP contribution in [0.25, 0.3) is 10.9 Å². The Morgan fingerprint density at radius 3 is 2.36 bits per heavy atom. The maximum absolute atomic E-state index is 15.7. The summed E-state index contributed by atoms with van der Waals surface area (Å²) in [7, 11) is 1.96. The Morgan fingerprint density at radius 2 is 1.82 bits per heavy atom. The molecule has 1 aromatic carbocycles. The molecule has 6 nitrogen and oxygen atoms in total. The maximum Gasteiger partial charge on any atom is 0.341 e. The van der Waals surface area contributed by atoms with Crippen molar-refractivity contribution < 1.29 is 18.7 Å². The van der Waals surface area contributed by atoms with Gasteiger partial charge >= 0.3 is 5.97 Å². The fourth-order valence-corrected chi connectivity index (χ4v) is 4.98. The second-order valence-corrected chi connectivity index (χ2v) is 8.46. The molecule has 0 atom stereocenters. The monoisotopic (exact) mass is 389 g/mol. The van der Waals surface area contributed by atoms with Crippen molar-refractivity contribution in [2.75, 3.05) is 38.1 Å². The van der Waals surface area contributed by atoms with E-state index in [1.807, 2.05) is 7.05 Å². The minimum absolute atomic E-state index is 0.0310. The molecule has 2 heterocycles. The lowest BCUT2D eigenvalue weighted by Gasteiger charge is -2.63. The number of fused-ring (bicyclic) bond motifs is 1. The molecule has 1 N–H and O–H groups in total. The summed E-state index contributed by atoms with van der Waals surface area (Å²) < 4.78 is 32.2. The zero-order valence-corrected chi connectivity index (χ0v) is 15.5. The van der Waals surface area contributed by atoms with Gasteiger partial charge in [0.1, 0.15) is 17.1 Å². The van der Waals surface area contributed by atoms with Crippen LogP contribution in [0.4, 0.5) is 14.5 Å². The third kappa shape index (κ3) is 2.27. The molecule has 0 amide bonds. The van der Waals surface area contributed by atoms with E-state index in [-0.39, 0.29) is 22.1 Å². The number of rotatable bonds is 3. The first kappa shape index (κ1) is 17.6. The average molecular weight is 389 g/mol. The van der Waals surface area contributed by atoms with Crippen molar-refractivity contribution in [2.45, 2.75) is 24.8 Å². The molecule has 6 rings (SSSR count). The summed E-state index contributed by atoms with van der Waals surface area (Å²) in [5.74, 6) is -2.39. The number of halogens is 2. The van der Waals surface area contributed by atoms with Crippen LogP contribution in [0.5, 0.6) is 0 Å². The molecule has 3 aliphatic carbocycles. The molecule has 2 bridgehead atoms. The largest absolute Gasteiger partial charge is 0.477 e. The lowest BCUT2D eigenvalue weighted by Crippen LogP contribution is -2.59. The molecule has 28 heavy (non-hydrogen) atoms. The van der Waals surface area contributed by atoms with Gasteiger partial charge in [-0.2, -0.15) is 0 Å². The summed E-state index contributed by atoms with van der Waals surface area (Å²) in [6.07, 6.45) is 3.77.